The van der Waals surface area contributed by atoms with Gasteiger partial charge in [-0.1, -0.05) is 77.9 Å². The Morgan fingerprint density at radius 1 is 0.757 bits per heavy atom. The summed E-state index contributed by atoms with van der Waals surface area (Å²) < 4.78 is 5.21. The fraction of sp³-hybridized carbons (Fsp3) is 0.400. The summed E-state index contributed by atoms with van der Waals surface area (Å²) in [5.41, 5.74) is 12.2. The topological polar surface area (TPSA) is 8.29 Å². The molecule has 5 aromatic rings. The third kappa shape index (κ3) is 3.02. The SMILES string of the molecule is Cc1cc2c3cccc4c3c3n(c(-c5c(C(C)C)cccc5C(C)C)c[n+]3C(C)(C)C4(C)C)c2cc1C. The minimum atomic E-state index is -0.101. The fourth-order valence-electron chi connectivity index (χ4n) is 6.76. The van der Waals surface area contributed by atoms with Crippen LogP contribution in [0.15, 0.2) is 54.7 Å². The summed E-state index contributed by atoms with van der Waals surface area (Å²) in [5.74, 6) is 0.877. The van der Waals surface area contributed by atoms with E-state index in [0.29, 0.717) is 11.8 Å². The molecule has 0 N–H and O–H groups in total. The van der Waals surface area contributed by atoms with Crippen molar-refractivity contribution in [2.75, 3.05) is 0 Å². The summed E-state index contributed by atoms with van der Waals surface area (Å²) in [4.78, 5) is 0. The van der Waals surface area contributed by atoms with Crippen LogP contribution in [0.3, 0.4) is 0 Å². The van der Waals surface area contributed by atoms with Crippen LogP contribution in [0, 0.1) is 13.8 Å². The van der Waals surface area contributed by atoms with Crippen molar-refractivity contribution in [2.24, 2.45) is 0 Å². The second kappa shape index (κ2) is 7.69. The number of nitrogens with zero attached hydrogens (tertiary/aromatic N) is 2. The number of pyridine rings is 1. The summed E-state index contributed by atoms with van der Waals surface area (Å²) in [6.07, 6.45) is 2.48. The number of imidazole rings is 1. The molecule has 1 aliphatic heterocycles. The predicted molar refractivity (Wildman–Crippen MR) is 158 cm³/mol. The molecule has 0 saturated carbocycles. The number of rotatable bonds is 3. The molecule has 0 spiro atoms. The lowest BCUT2D eigenvalue weighted by molar-refractivity contribution is -0.744. The molecule has 0 fully saturated rings. The van der Waals surface area contributed by atoms with Crippen LogP contribution >= 0.6 is 0 Å². The van der Waals surface area contributed by atoms with Gasteiger partial charge in [-0.25, -0.2) is 4.57 Å². The molecule has 0 radical (unpaired) electrons. The zero-order valence-corrected chi connectivity index (χ0v) is 24.2. The Labute approximate surface area is 222 Å². The van der Waals surface area contributed by atoms with Gasteiger partial charge in [0.05, 0.1) is 5.39 Å². The molecule has 1 aliphatic rings. The highest BCUT2D eigenvalue weighted by Gasteiger charge is 2.51. The number of hydrogen-bond acceptors (Lipinski definition) is 0. The van der Waals surface area contributed by atoms with Gasteiger partial charge in [0, 0.05) is 21.8 Å². The zero-order chi connectivity index (χ0) is 26.6. The van der Waals surface area contributed by atoms with Crippen LogP contribution in [0.5, 0.6) is 0 Å². The largest absolute Gasteiger partial charge is 0.296 e. The summed E-state index contributed by atoms with van der Waals surface area (Å²) in [5, 5.41) is 4.12. The van der Waals surface area contributed by atoms with Crippen LogP contribution in [0.25, 0.3) is 38.6 Å². The quantitative estimate of drug-likeness (QED) is 0.176. The first-order valence-corrected chi connectivity index (χ1v) is 13.9. The van der Waals surface area contributed by atoms with E-state index in [4.69, 9.17) is 0 Å². The van der Waals surface area contributed by atoms with Crippen molar-refractivity contribution in [2.45, 2.75) is 92.0 Å². The van der Waals surface area contributed by atoms with Gasteiger partial charge in [-0.3, -0.25) is 0 Å². The molecular weight excluding hydrogens is 448 g/mol. The van der Waals surface area contributed by atoms with E-state index in [1.54, 1.807) is 0 Å². The maximum absolute atomic E-state index is 2.61. The van der Waals surface area contributed by atoms with E-state index in [0.717, 1.165) is 0 Å². The maximum atomic E-state index is 2.61. The molecular formula is C35H41N2+. The Bertz CT molecular complexity index is 1710. The molecule has 2 nitrogen and oxygen atoms in total. The highest BCUT2D eigenvalue weighted by molar-refractivity contribution is 6.14. The molecule has 190 valence electrons. The first-order chi connectivity index (χ1) is 17.4. The second-order valence-corrected chi connectivity index (χ2v) is 13.0. The summed E-state index contributed by atoms with van der Waals surface area (Å²) in [6.45, 7) is 23.5. The van der Waals surface area contributed by atoms with Gasteiger partial charge in [0.15, 0.2) is 5.69 Å². The number of aromatic nitrogens is 2. The molecule has 0 aliphatic carbocycles. The second-order valence-electron chi connectivity index (χ2n) is 13.0. The first kappa shape index (κ1) is 24.2. The van der Waals surface area contributed by atoms with Crippen LogP contribution in [0.4, 0.5) is 0 Å². The number of aryl methyl sites for hydroxylation is 2. The van der Waals surface area contributed by atoms with Crippen molar-refractivity contribution in [3.63, 3.8) is 0 Å². The Kier molecular flexibility index (Phi) is 5.04. The molecule has 3 aromatic carbocycles. The lowest BCUT2D eigenvalue weighted by Crippen LogP contribution is -2.63. The van der Waals surface area contributed by atoms with E-state index in [1.165, 1.54) is 66.4 Å². The van der Waals surface area contributed by atoms with Crippen molar-refractivity contribution >= 4 is 27.3 Å². The van der Waals surface area contributed by atoms with Gasteiger partial charge >= 0.3 is 0 Å². The number of benzene rings is 3. The third-order valence-corrected chi connectivity index (χ3v) is 9.80. The molecule has 2 heteroatoms. The smallest absolute Gasteiger partial charge is 0.223 e. The third-order valence-electron chi connectivity index (χ3n) is 9.80. The predicted octanol–water partition coefficient (Wildman–Crippen LogP) is 9.09. The van der Waals surface area contributed by atoms with E-state index in [2.05, 4.69) is 133 Å². The highest BCUT2D eigenvalue weighted by atomic mass is 15.2. The van der Waals surface area contributed by atoms with Crippen LogP contribution < -0.4 is 4.57 Å². The Balaban J connectivity index is 1.96. The molecule has 0 unspecified atom stereocenters. The maximum Gasteiger partial charge on any atom is 0.296 e. The van der Waals surface area contributed by atoms with Gasteiger partial charge in [0.25, 0.3) is 5.65 Å². The van der Waals surface area contributed by atoms with Crippen molar-refractivity contribution in [1.82, 2.24) is 4.40 Å². The van der Waals surface area contributed by atoms with Gasteiger partial charge in [0.2, 0.25) is 0 Å². The van der Waals surface area contributed by atoms with Crippen LogP contribution in [-0.2, 0) is 11.0 Å². The highest BCUT2D eigenvalue weighted by Crippen LogP contribution is 2.48. The summed E-state index contributed by atoms with van der Waals surface area (Å²) >= 11 is 0. The normalized spacial score (nSPS) is 16.2. The van der Waals surface area contributed by atoms with E-state index in [-0.39, 0.29) is 11.0 Å². The van der Waals surface area contributed by atoms with E-state index in [1.807, 2.05) is 0 Å². The number of hydrogen-bond donors (Lipinski definition) is 0. The fourth-order valence-corrected chi connectivity index (χ4v) is 6.76. The number of fused-ring (bicyclic) bond motifs is 3. The average molecular weight is 490 g/mol. The summed E-state index contributed by atoms with van der Waals surface area (Å²) in [6, 6.07) is 18.8. The van der Waals surface area contributed by atoms with Crippen LogP contribution in [0.2, 0.25) is 0 Å². The van der Waals surface area contributed by atoms with Crippen molar-refractivity contribution in [1.29, 1.82) is 0 Å². The van der Waals surface area contributed by atoms with E-state index in [9.17, 15) is 0 Å². The summed E-state index contributed by atoms with van der Waals surface area (Å²) in [7, 11) is 0. The Morgan fingerprint density at radius 2 is 1.35 bits per heavy atom. The Morgan fingerprint density at radius 3 is 1.97 bits per heavy atom. The zero-order valence-electron chi connectivity index (χ0n) is 24.2. The standard InChI is InChI=1S/C35H41N2/c1-20(2)24-13-11-14-25(21(3)4)31(24)30-19-36-33-32-26(15-12-16-28(32)34(7,8)35(36,9)10)27-17-22(5)23(6)18-29(27)37(30)33/h11-21H,1-10H3/q+1. The first-order valence-electron chi connectivity index (χ1n) is 13.9. The monoisotopic (exact) mass is 489 g/mol. The molecule has 2 aromatic heterocycles. The van der Waals surface area contributed by atoms with Gasteiger partial charge in [-0.2, -0.15) is 4.40 Å². The van der Waals surface area contributed by atoms with Gasteiger partial charge in [-0.15, -0.1) is 0 Å². The molecule has 3 heterocycles. The van der Waals surface area contributed by atoms with Crippen molar-refractivity contribution in [3.05, 3.63) is 82.5 Å². The van der Waals surface area contributed by atoms with E-state index >= 15 is 0 Å². The molecule has 0 saturated heterocycles. The van der Waals surface area contributed by atoms with Crippen molar-refractivity contribution in [3.8, 4) is 11.3 Å². The van der Waals surface area contributed by atoms with Gasteiger partial charge in [-0.05, 0) is 79.5 Å². The minimum Gasteiger partial charge on any atom is -0.223 e. The molecule has 6 rings (SSSR count). The van der Waals surface area contributed by atoms with Gasteiger partial charge in [0.1, 0.15) is 17.3 Å². The van der Waals surface area contributed by atoms with E-state index < -0.39 is 0 Å². The Hall–Kier alpha value is -3.13. The molecule has 37 heavy (non-hydrogen) atoms. The van der Waals surface area contributed by atoms with Crippen LogP contribution in [0.1, 0.15) is 95.0 Å². The molecule has 0 atom stereocenters. The van der Waals surface area contributed by atoms with Crippen molar-refractivity contribution < 1.29 is 4.57 Å². The molecule has 0 bridgehead atoms. The average Bonchev–Trinajstić information content (AvgIpc) is 3.25. The van der Waals surface area contributed by atoms with Crippen LogP contribution in [-0.4, -0.2) is 4.40 Å². The minimum absolute atomic E-state index is 0.0326. The van der Waals surface area contributed by atoms with Gasteiger partial charge < -0.3 is 0 Å². The lowest BCUT2D eigenvalue weighted by atomic mass is 9.66. The molecule has 0 amide bonds. The lowest BCUT2D eigenvalue weighted by Gasteiger charge is -2.42.